The van der Waals surface area contributed by atoms with E-state index in [9.17, 15) is 19.5 Å². The first-order valence-electron chi connectivity index (χ1n) is 9.82. The fourth-order valence-corrected chi connectivity index (χ4v) is 5.93. The van der Waals surface area contributed by atoms with Crippen molar-refractivity contribution < 1.29 is 19.5 Å². The van der Waals surface area contributed by atoms with Gasteiger partial charge in [-0.25, -0.2) is 9.48 Å². The standard InChI is InChI=1S/C19H21N7O4S2/c1-2-25-19(22-23-24-25)32-9-11-8-31-17-13(16(28)26(17)14(11)18(29)30)21-15(27)12(20)10-6-4-3-5-7-10/h3-7,12-13,17H,2,8-9,20H2,1H3,(H,21,27)(H,29,30)/t12-,13?,17-/m1/s1. The average molecular weight is 476 g/mol. The van der Waals surface area contributed by atoms with Gasteiger partial charge in [-0.1, -0.05) is 42.1 Å². The number of carbonyl (C=O) groups is 3. The molecule has 2 amide bonds. The third-order valence-corrected chi connectivity index (χ3v) is 7.55. The number of rotatable bonds is 8. The molecular weight excluding hydrogens is 454 g/mol. The molecule has 1 aromatic carbocycles. The molecule has 2 aliphatic rings. The van der Waals surface area contributed by atoms with Crippen LogP contribution >= 0.6 is 23.5 Å². The highest BCUT2D eigenvalue weighted by atomic mass is 32.2. The molecule has 1 saturated heterocycles. The van der Waals surface area contributed by atoms with Gasteiger partial charge in [-0.3, -0.25) is 14.5 Å². The molecule has 32 heavy (non-hydrogen) atoms. The van der Waals surface area contributed by atoms with Gasteiger partial charge in [0.25, 0.3) is 5.91 Å². The summed E-state index contributed by atoms with van der Waals surface area (Å²) < 4.78 is 1.61. The second-order valence-electron chi connectivity index (χ2n) is 7.11. The van der Waals surface area contributed by atoms with Crippen molar-refractivity contribution in [3.8, 4) is 0 Å². The molecule has 0 spiro atoms. The van der Waals surface area contributed by atoms with E-state index in [1.165, 1.54) is 28.4 Å². The van der Waals surface area contributed by atoms with Crippen molar-refractivity contribution in [2.75, 3.05) is 11.5 Å². The Labute approximate surface area is 191 Å². The van der Waals surface area contributed by atoms with Gasteiger partial charge in [0.05, 0.1) is 0 Å². The Morgan fingerprint density at radius 1 is 1.38 bits per heavy atom. The first-order valence-corrected chi connectivity index (χ1v) is 11.9. The number of carbonyl (C=O) groups excluding carboxylic acids is 2. The highest BCUT2D eigenvalue weighted by Gasteiger charge is 2.54. The van der Waals surface area contributed by atoms with E-state index in [0.29, 0.717) is 34.3 Å². The topological polar surface area (TPSA) is 156 Å². The molecule has 0 bridgehead atoms. The molecule has 1 aromatic heterocycles. The Morgan fingerprint density at radius 2 is 2.12 bits per heavy atom. The predicted molar refractivity (Wildman–Crippen MR) is 117 cm³/mol. The lowest BCUT2D eigenvalue weighted by atomic mass is 10.0. The molecule has 0 radical (unpaired) electrons. The number of hydrogen-bond acceptors (Lipinski definition) is 9. The Morgan fingerprint density at radius 3 is 2.81 bits per heavy atom. The Kier molecular flexibility index (Phi) is 6.48. The number of β-lactam (4-membered cyclic amide) rings is 1. The number of nitrogens with one attached hydrogen (secondary N) is 1. The first kappa shape index (κ1) is 22.3. The van der Waals surface area contributed by atoms with E-state index in [2.05, 4.69) is 20.8 Å². The minimum atomic E-state index is -1.18. The van der Waals surface area contributed by atoms with Crippen molar-refractivity contribution in [1.29, 1.82) is 0 Å². The first-order chi connectivity index (χ1) is 15.4. The number of tetrazole rings is 1. The zero-order valence-electron chi connectivity index (χ0n) is 17.0. The van der Waals surface area contributed by atoms with Crippen molar-refractivity contribution >= 4 is 41.3 Å². The van der Waals surface area contributed by atoms with Crippen molar-refractivity contribution in [2.45, 2.75) is 36.1 Å². The number of aryl methyl sites for hydroxylation is 1. The van der Waals surface area contributed by atoms with Crippen LogP contribution in [0.2, 0.25) is 0 Å². The quantitative estimate of drug-likeness (QED) is 0.356. The highest BCUT2D eigenvalue weighted by Crippen LogP contribution is 2.41. The van der Waals surface area contributed by atoms with Crippen LogP contribution in [0.5, 0.6) is 0 Å². The second kappa shape index (κ2) is 9.30. The monoisotopic (exact) mass is 475 g/mol. The SMILES string of the molecule is CCn1nnnc1SCC1=C(C(=O)O)N2C(=O)C(NC(=O)[C@H](N)c3ccccc3)[C@H]2SC1. The van der Waals surface area contributed by atoms with Crippen LogP contribution in [0, 0.1) is 0 Å². The number of nitrogens with zero attached hydrogens (tertiary/aromatic N) is 5. The maximum Gasteiger partial charge on any atom is 0.352 e. The third kappa shape index (κ3) is 4.10. The Bertz CT molecular complexity index is 1070. The van der Waals surface area contributed by atoms with Crippen LogP contribution < -0.4 is 11.1 Å². The van der Waals surface area contributed by atoms with Gasteiger partial charge in [-0.05, 0) is 28.5 Å². The number of fused-ring (bicyclic) bond motifs is 1. The summed E-state index contributed by atoms with van der Waals surface area (Å²) in [7, 11) is 0. The average Bonchev–Trinajstić information content (AvgIpc) is 3.27. The smallest absolute Gasteiger partial charge is 0.352 e. The van der Waals surface area contributed by atoms with Crippen molar-refractivity contribution in [3.63, 3.8) is 0 Å². The van der Waals surface area contributed by atoms with E-state index in [1.54, 1.807) is 28.9 Å². The summed E-state index contributed by atoms with van der Waals surface area (Å²) in [4.78, 5) is 38.6. The van der Waals surface area contributed by atoms with Crippen molar-refractivity contribution in [1.82, 2.24) is 30.4 Å². The van der Waals surface area contributed by atoms with Crippen LogP contribution in [0.1, 0.15) is 18.5 Å². The molecule has 4 N–H and O–H groups in total. The summed E-state index contributed by atoms with van der Waals surface area (Å²) in [6, 6.07) is 7.10. The van der Waals surface area contributed by atoms with Gasteiger partial charge in [0.1, 0.15) is 23.2 Å². The molecule has 1 unspecified atom stereocenters. The lowest BCUT2D eigenvalue weighted by molar-refractivity contribution is -0.150. The summed E-state index contributed by atoms with van der Waals surface area (Å²) in [6.45, 7) is 2.49. The zero-order valence-corrected chi connectivity index (χ0v) is 18.7. The normalized spacial score (nSPS) is 21.1. The number of carboxylic acid groups (broad SMARTS) is 1. The molecule has 13 heteroatoms. The predicted octanol–water partition coefficient (Wildman–Crippen LogP) is 0.224. The highest BCUT2D eigenvalue weighted by molar-refractivity contribution is 8.01. The van der Waals surface area contributed by atoms with Crippen LogP contribution in [0.25, 0.3) is 0 Å². The summed E-state index contributed by atoms with van der Waals surface area (Å²) in [6.07, 6.45) is 0. The van der Waals surface area contributed by atoms with E-state index >= 15 is 0 Å². The molecule has 1 fully saturated rings. The van der Waals surface area contributed by atoms with Crippen molar-refractivity contribution in [3.05, 3.63) is 47.2 Å². The van der Waals surface area contributed by atoms with E-state index in [4.69, 9.17) is 5.73 Å². The lowest BCUT2D eigenvalue weighted by Crippen LogP contribution is -2.71. The minimum Gasteiger partial charge on any atom is -0.477 e. The maximum absolute atomic E-state index is 12.8. The molecule has 2 aromatic rings. The van der Waals surface area contributed by atoms with Gasteiger partial charge in [0.15, 0.2) is 0 Å². The molecule has 11 nitrogen and oxygen atoms in total. The number of benzene rings is 1. The van der Waals surface area contributed by atoms with Gasteiger partial charge in [-0.2, -0.15) is 0 Å². The molecule has 0 aliphatic carbocycles. The number of carboxylic acids is 1. The zero-order chi connectivity index (χ0) is 22.8. The lowest BCUT2D eigenvalue weighted by Gasteiger charge is -2.49. The Hall–Kier alpha value is -2.90. The number of aromatic nitrogens is 4. The van der Waals surface area contributed by atoms with Gasteiger partial charge in [0.2, 0.25) is 11.1 Å². The fourth-order valence-electron chi connectivity index (χ4n) is 3.50. The van der Waals surface area contributed by atoms with Crippen LogP contribution in [0.3, 0.4) is 0 Å². The number of thioether (sulfide) groups is 2. The third-order valence-electron chi connectivity index (χ3n) is 5.16. The number of nitrogens with two attached hydrogens (primary N) is 1. The van der Waals surface area contributed by atoms with Crippen molar-refractivity contribution in [2.24, 2.45) is 5.73 Å². The summed E-state index contributed by atoms with van der Waals surface area (Å²) in [5.41, 5.74) is 7.21. The molecular formula is C19H21N7O4S2. The van der Waals surface area contributed by atoms with Crippen LogP contribution in [0.15, 0.2) is 46.8 Å². The molecule has 3 atom stereocenters. The fraction of sp³-hybridized carbons (Fsp3) is 0.368. The molecule has 3 heterocycles. The summed E-state index contributed by atoms with van der Waals surface area (Å²) >= 11 is 2.72. The second-order valence-corrected chi connectivity index (χ2v) is 9.16. The number of aliphatic carboxylic acids is 1. The molecule has 4 rings (SSSR count). The minimum absolute atomic E-state index is 0.0420. The van der Waals surface area contributed by atoms with E-state index in [-0.39, 0.29) is 5.70 Å². The van der Waals surface area contributed by atoms with E-state index in [0.717, 1.165) is 0 Å². The summed E-state index contributed by atoms with van der Waals surface area (Å²) in [5.74, 6) is -1.38. The molecule has 0 saturated carbocycles. The number of hydrogen-bond donors (Lipinski definition) is 3. The Balaban J connectivity index is 1.46. The van der Waals surface area contributed by atoms with Crippen LogP contribution in [0.4, 0.5) is 0 Å². The van der Waals surface area contributed by atoms with E-state index in [1.807, 2.05) is 13.0 Å². The van der Waals surface area contributed by atoms with Gasteiger partial charge < -0.3 is 16.2 Å². The summed E-state index contributed by atoms with van der Waals surface area (Å²) in [5, 5.41) is 24.0. The van der Waals surface area contributed by atoms with Crippen LogP contribution in [-0.4, -0.2) is 70.9 Å². The van der Waals surface area contributed by atoms with E-state index < -0.39 is 35.2 Å². The molecule has 168 valence electrons. The van der Waals surface area contributed by atoms with Gasteiger partial charge in [-0.15, -0.1) is 16.9 Å². The van der Waals surface area contributed by atoms with Crippen LogP contribution in [-0.2, 0) is 20.9 Å². The largest absolute Gasteiger partial charge is 0.477 e. The maximum atomic E-state index is 12.8. The van der Waals surface area contributed by atoms with Gasteiger partial charge in [0, 0.05) is 18.1 Å². The number of amides is 2. The molecule has 2 aliphatic heterocycles. The van der Waals surface area contributed by atoms with Gasteiger partial charge >= 0.3 is 5.97 Å².